The lowest BCUT2D eigenvalue weighted by molar-refractivity contribution is 0.0816. The van der Waals surface area contributed by atoms with Crippen LogP contribution in [0.3, 0.4) is 0 Å². The number of likely N-dealkylation sites (tertiary alicyclic amines) is 1. The summed E-state index contributed by atoms with van der Waals surface area (Å²) in [5.74, 6) is 3.08. The maximum atomic E-state index is 5.56. The van der Waals surface area contributed by atoms with Crippen molar-refractivity contribution in [2.45, 2.75) is 45.2 Å². The van der Waals surface area contributed by atoms with E-state index in [1.807, 2.05) is 13.3 Å². The van der Waals surface area contributed by atoms with Crippen LogP contribution in [-0.4, -0.2) is 25.0 Å². The molecule has 0 spiro atoms. The number of rotatable bonds is 4. The second-order valence-electron chi connectivity index (χ2n) is 6.23. The lowest BCUT2D eigenvalue weighted by Crippen LogP contribution is -2.41. The van der Waals surface area contributed by atoms with Gasteiger partial charge < -0.3 is 9.73 Å². The van der Waals surface area contributed by atoms with Crippen LogP contribution in [-0.2, 0) is 13.1 Å². The average molecular weight is 262 g/mol. The minimum atomic E-state index is 0.836. The Hall–Kier alpha value is -0.800. The Bertz CT molecular complexity index is 401. The average Bonchev–Trinajstić information content (AvgIpc) is 2.86. The molecule has 2 heterocycles. The summed E-state index contributed by atoms with van der Waals surface area (Å²) in [6.07, 6.45) is 9.09. The van der Waals surface area contributed by atoms with Crippen LogP contribution in [0.1, 0.15) is 43.4 Å². The summed E-state index contributed by atoms with van der Waals surface area (Å²) in [7, 11) is 1.97. The zero-order valence-electron chi connectivity index (χ0n) is 12.0. The van der Waals surface area contributed by atoms with Gasteiger partial charge in [0.2, 0.25) is 0 Å². The molecule has 19 heavy (non-hydrogen) atoms. The van der Waals surface area contributed by atoms with Crippen molar-refractivity contribution in [2.24, 2.45) is 11.8 Å². The molecule has 1 aliphatic carbocycles. The molecule has 1 aromatic rings. The third kappa shape index (κ3) is 3.03. The summed E-state index contributed by atoms with van der Waals surface area (Å²) in [5, 5.41) is 3.18. The molecule has 0 radical (unpaired) electrons. The topological polar surface area (TPSA) is 28.4 Å². The van der Waals surface area contributed by atoms with Crippen LogP contribution in [0.2, 0.25) is 0 Å². The fraction of sp³-hybridized carbons (Fsp3) is 0.750. The van der Waals surface area contributed by atoms with Crippen LogP contribution in [0, 0.1) is 11.8 Å². The van der Waals surface area contributed by atoms with E-state index in [0.29, 0.717) is 0 Å². The van der Waals surface area contributed by atoms with Crippen LogP contribution in [0.15, 0.2) is 16.7 Å². The first-order chi connectivity index (χ1) is 9.36. The van der Waals surface area contributed by atoms with Crippen molar-refractivity contribution in [2.75, 3.05) is 20.1 Å². The Morgan fingerprint density at radius 1 is 1.26 bits per heavy atom. The van der Waals surface area contributed by atoms with Gasteiger partial charge >= 0.3 is 0 Å². The van der Waals surface area contributed by atoms with E-state index < -0.39 is 0 Å². The number of furan rings is 1. The summed E-state index contributed by atoms with van der Waals surface area (Å²) in [5.41, 5.74) is 1.36. The summed E-state index contributed by atoms with van der Waals surface area (Å²) in [6.45, 7) is 4.47. The molecule has 0 amide bonds. The van der Waals surface area contributed by atoms with E-state index in [-0.39, 0.29) is 0 Å². The van der Waals surface area contributed by atoms with Gasteiger partial charge in [0.15, 0.2) is 0 Å². The summed E-state index contributed by atoms with van der Waals surface area (Å²) in [6, 6.07) is 2.14. The number of hydrogen-bond acceptors (Lipinski definition) is 3. The Balaban J connectivity index is 1.59. The van der Waals surface area contributed by atoms with Crippen molar-refractivity contribution in [3.05, 3.63) is 23.7 Å². The fourth-order valence-electron chi connectivity index (χ4n) is 3.88. The Labute approximate surface area is 116 Å². The highest BCUT2D eigenvalue weighted by atomic mass is 16.3. The number of nitrogens with one attached hydrogen (secondary N) is 1. The van der Waals surface area contributed by atoms with Crippen LogP contribution in [0.25, 0.3) is 0 Å². The van der Waals surface area contributed by atoms with Gasteiger partial charge in [0, 0.05) is 18.7 Å². The van der Waals surface area contributed by atoms with Gasteiger partial charge in [0.05, 0.1) is 12.8 Å². The van der Waals surface area contributed by atoms with Crippen LogP contribution in [0.5, 0.6) is 0 Å². The number of hydrogen-bond donors (Lipinski definition) is 1. The smallest absolute Gasteiger partial charge is 0.122 e. The van der Waals surface area contributed by atoms with Gasteiger partial charge in [-0.15, -0.1) is 0 Å². The largest absolute Gasteiger partial charge is 0.468 e. The van der Waals surface area contributed by atoms with Crippen molar-refractivity contribution in [1.82, 2.24) is 10.2 Å². The first-order valence-electron chi connectivity index (χ1n) is 7.79. The monoisotopic (exact) mass is 262 g/mol. The van der Waals surface area contributed by atoms with Gasteiger partial charge in [0.1, 0.15) is 5.76 Å². The quantitative estimate of drug-likeness (QED) is 0.904. The second-order valence-corrected chi connectivity index (χ2v) is 6.23. The molecule has 2 atom stereocenters. The molecule has 2 fully saturated rings. The van der Waals surface area contributed by atoms with E-state index in [1.54, 1.807) is 0 Å². The van der Waals surface area contributed by atoms with Gasteiger partial charge in [0.25, 0.3) is 0 Å². The van der Waals surface area contributed by atoms with E-state index in [0.717, 1.165) is 30.7 Å². The van der Waals surface area contributed by atoms with E-state index >= 15 is 0 Å². The third-order valence-electron chi connectivity index (χ3n) is 4.94. The summed E-state index contributed by atoms with van der Waals surface area (Å²) in [4.78, 5) is 2.64. The zero-order chi connectivity index (χ0) is 13.1. The zero-order valence-corrected chi connectivity index (χ0v) is 12.0. The van der Waals surface area contributed by atoms with Crippen molar-refractivity contribution in [1.29, 1.82) is 0 Å². The Morgan fingerprint density at radius 3 is 2.95 bits per heavy atom. The van der Waals surface area contributed by atoms with E-state index in [4.69, 9.17) is 4.42 Å². The Kier molecular flexibility index (Phi) is 4.24. The van der Waals surface area contributed by atoms with Gasteiger partial charge in [-0.3, -0.25) is 4.90 Å². The predicted octanol–water partition coefficient (Wildman–Crippen LogP) is 3.01. The second kappa shape index (κ2) is 6.10. The third-order valence-corrected chi connectivity index (χ3v) is 4.94. The number of nitrogens with zero attached hydrogens (tertiary/aromatic N) is 1. The van der Waals surface area contributed by atoms with Gasteiger partial charge in [-0.05, 0) is 44.3 Å². The molecule has 0 bridgehead atoms. The molecule has 0 aromatic carbocycles. The van der Waals surface area contributed by atoms with E-state index in [1.165, 1.54) is 50.8 Å². The van der Waals surface area contributed by atoms with Crippen molar-refractivity contribution in [3.63, 3.8) is 0 Å². The lowest BCUT2D eigenvalue weighted by atomic mass is 9.75. The van der Waals surface area contributed by atoms with Crippen molar-refractivity contribution >= 4 is 0 Å². The molecular weight excluding hydrogens is 236 g/mol. The maximum absolute atomic E-state index is 5.56. The highest BCUT2D eigenvalue weighted by molar-refractivity contribution is 5.17. The SMILES string of the molecule is CNCc1occc1CN1CCC2CCCCC2C1. The predicted molar refractivity (Wildman–Crippen MR) is 76.8 cm³/mol. The maximum Gasteiger partial charge on any atom is 0.122 e. The number of piperidine rings is 1. The highest BCUT2D eigenvalue weighted by Crippen LogP contribution is 2.36. The fourth-order valence-corrected chi connectivity index (χ4v) is 3.88. The van der Waals surface area contributed by atoms with Gasteiger partial charge in [-0.25, -0.2) is 0 Å². The number of fused-ring (bicyclic) bond motifs is 1. The van der Waals surface area contributed by atoms with E-state index in [9.17, 15) is 0 Å². The minimum Gasteiger partial charge on any atom is -0.468 e. The molecule has 3 nitrogen and oxygen atoms in total. The van der Waals surface area contributed by atoms with E-state index in [2.05, 4.69) is 16.3 Å². The molecular formula is C16H26N2O. The molecule has 3 rings (SSSR count). The molecule has 2 unspecified atom stereocenters. The van der Waals surface area contributed by atoms with Gasteiger partial charge in [-0.2, -0.15) is 0 Å². The minimum absolute atomic E-state index is 0.836. The summed E-state index contributed by atoms with van der Waals surface area (Å²) >= 11 is 0. The summed E-state index contributed by atoms with van der Waals surface area (Å²) < 4.78 is 5.56. The lowest BCUT2D eigenvalue weighted by Gasteiger charge is -2.41. The molecule has 3 heteroatoms. The molecule has 1 saturated carbocycles. The molecule has 1 aliphatic heterocycles. The molecule has 106 valence electrons. The first-order valence-corrected chi connectivity index (χ1v) is 7.79. The standard InChI is InChI=1S/C16H26N2O/c1-17-10-16-15(7-9-19-16)12-18-8-6-13-4-2-3-5-14(13)11-18/h7,9,13-14,17H,2-6,8,10-12H2,1H3. The molecule has 1 N–H and O–H groups in total. The normalized spacial score (nSPS) is 28.3. The van der Waals surface area contributed by atoms with Crippen LogP contribution >= 0.6 is 0 Å². The molecule has 2 aliphatic rings. The Morgan fingerprint density at radius 2 is 2.11 bits per heavy atom. The van der Waals surface area contributed by atoms with Crippen molar-refractivity contribution in [3.8, 4) is 0 Å². The molecule has 1 saturated heterocycles. The highest BCUT2D eigenvalue weighted by Gasteiger charge is 2.31. The van der Waals surface area contributed by atoms with Crippen LogP contribution in [0.4, 0.5) is 0 Å². The van der Waals surface area contributed by atoms with Crippen LogP contribution < -0.4 is 5.32 Å². The van der Waals surface area contributed by atoms with Crippen molar-refractivity contribution < 1.29 is 4.42 Å². The van der Waals surface area contributed by atoms with Gasteiger partial charge in [-0.1, -0.05) is 19.3 Å². The first kappa shape index (κ1) is 13.2. The molecule has 1 aromatic heterocycles.